The maximum absolute atomic E-state index is 12.1. The normalized spacial score (nSPS) is 10.4. The van der Waals surface area contributed by atoms with E-state index < -0.39 is 0 Å². The van der Waals surface area contributed by atoms with Crippen molar-refractivity contribution in [3.05, 3.63) is 65.3 Å². The number of carbonyl (C=O) groups excluding carboxylic acids is 1. The lowest BCUT2D eigenvalue weighted by atomic mass is 10.1. The topological polar surface area (TPSA) is 54.9 Å². The van der Waals surface area contributed by atoms with Gasteiger partial charge >= 0.3 is 0 Å². The molecule has 0 spiro atoms. The Hall–Kier alpha value is -2.53. The van der Waals surface area contributed by atoms with Gasteiger partial charge in [0.2, 0.25) is 5.91 Å². The summed E-state index contributed by atoms with van der Waals surface area (Å²) in [7, 11) is 0. The molecule has 0 atom stereocenters. The molecule has 0 aliphatic rings. The van der Waals surface area contributed by atoms with Gasteiger partial charge in [-0.1, -0.05) is 24.3 Å². The molecule has 3 aromatic rings. The number of pyridine rings is 1. The van der Waals surface area contributed by atoms with Crippen LogP contribution in [-0.4, -0.2) is 15.9 Å². The molecule has 3 rings (SSSR count). The molecule has 0 radical (unpaired) electrons. The number of nitrogens with one attached hydrogen (secondary N) is 1. The highest BCUT2D eigenvalue weighted by Crippen LogP contribution is 2.24. The predicted octanol–water partition coefficient (Wildman–Crippen LogP) is 3.69. The Kier molecular flexibility index (Phi) is 4.25. The zero-order valence-corrected chi connectivity index (χ0v) is 12.9. The van der Waals surface area contributed by atoms with E-state index in [0.29, 0.717) is 11.6 Å². The Morgan fingerprint density at radius 3 is 2.73 bits per heavy atom. The van der Waals surface area contributed by atoms with Gasteiger partial charge < -0.3 is 5.32 Å². The Bertz CT molecular complexity index is 783. The lowest BCUT2D eigenvalue weighted by Gasteiger charge is -2.05. The highest BCUT2D eigenvalue weighted by atomic mass is 32.1. The Morgan fingerprint density at radius 1 is 1.18 bits per heavy atom. The molecule has 0 aliphatic carbocycles. The van der Waals surface area contributed by atoms with Gasteiger partial charge in [-0.2, -0.15) is 0 Å². The first-order chi connectivity index (χ1) is 10.7. The average molecular weight is 309 g/mol. The van der Waals surface area contributed by atoms with Gasteiger partial charge in [-0.15, -0.1) is 11.3 Å². The van der Waals surface area contributed by atoms with Crippen LogP contribution in [0.3, 0.4) is 0 Å². The highest BCUT2D eigenvalue weighted by molar-refractivity contribution is 7.14. The van der Waals surface area contributed by atoms with E-state index in [1.807, 2.05) is 48.7 Å². The maximum Gasteiger partial charge on any atom is 0.230 e. The number of thiazole rings is 1. The van der Waals surface area contributed by atoms with Gasteiger partial charge in [0, 0.05) is 23.3 Å². The predicted molar refractivity (Wildman–Crippen MR) is 88.9 cm³/mol. The number of anilines is 1. The monoisotopic (exact) mass is 309 g/mol. The first kappa shape index (κ1) is 14.4. The van der Waals surface area contributed by atoms with Gasteiger partial charge in [-0.05, 0) is 30.2 Å². The number of amides is 1. The molecule has 5 heteroatoms. The molecule has 0 aliphatic heterocycles. The van der Waals surface area contributed by atoms with E-state index in [0.717, 1.165) is 22.4 Å². The van der Waals surface area contributed by atoms with Crippen molar-refractivity contribution in [1.29, 1.82) is 0 Å². The molecule has 0 fully saturated rings. The summed E-state index contributed by atoms with van der Waals surface area (Å²) in [4.78, 5) is 20.6. The largest absolute Gasteiger partial charge is 0.302 e. The number of hydrogen-bond acceptors (Lipinski definition) is 4. The number of carbonyl (C=O) groups is 1. The molecule has 0 bridgehead atoms. The summed E-state index contributed by atoms with van der Waals surface area (Å²) in [6.07, 6.45) is 3.81. The van der Waals surface area contributed by atoms with Gasteiger partial charge in [0.25, 0.3) is 0 Å². The SMILES string of the molecule is Cc1ccccc1CC(=O)Nc1nc(-c2ccncc2)cs1. The fourth-order valence-electron chi connectivity index (χ4n) is 2.13. The van der Waals surface area contributed by atoms with E-state index in [9.17, 15) is 4.79 Å². The average Bonchev–Trinajstić information content (AvgIpc) is 2.99. The molecule has 22 heavy (non-hydrogen) atoms. The summed E-state index contributed by atoms with van der Waals surface area (Å²) in [6, 6.07) is 11.7. The fraction of sp³-hybridized carbons (Fsp3) is 0.118. The van der Waals surface area contributed by atoms with Crippen LogP contribution in [0.15, 0.2) is 54.2 Å². The van der Waals surface area contributed by atoms with Gasteiger partial charge in [0.1, 0.15) is 0 Å². The van der Waals surface area contributed by atoms with Crippen LogP contribution >= 0.6 is 11.3 Å². The number of aryl methyl sites for hydroxylation is 1. The smallest absolute Gasteiger partial charge is 0.230 e. The minimum absolute atomic E-state index is 0.0510. The molecule has 0 saturated heterocycles. The molecule has 110 valence electrons. The maximum atomic E-state index is 12.1. The van der Waals surface area contributed by atoms with Crippen LogP contribution < -0.4 is 5.32 Å². The molecule has 1 aromatic carbocycles. The van der Waals surface area contributed by atoms with E-state index in [2.05, 4.69) is 15.3 Å². The second-order valence-electron chi connectivity index (χ2n) is 4.93. The summed E-state index contributed by atoms with van der Waals surface area (Å²) in [5, 5.41) is 5.41. The van der Waals surface area contributed by atoms with Crippen molar-refractivity contribution >= 4 is 22.4 Å². The first-order valence-corrected chi connectivity index (χ1v) is 7.80. The van der Waals surface area contributed by atoms with E-state index in [4.69, 9.17) is 0 Å². The molecule has 1 N–H and O–H groups in total. The third kappa shape index (κ3) is 3.38. The zero-order chi connectivity index (χ0) is 15.4. The summed E-state index contributed by atoms with van der Waals surface area (Å²) in [6.45, 7) is 2.01. The quantitative estimate of drug-likeness (QED) is 0.799. The molecule has 2 aromatic heterocycles. The van der Waals surface area contributed by atoms with Gasteiger partial charge in [0.05, 0.1) is 12.1 Å². The number of aromatic nitrogens is 2. The van der Waals surface area contributed by atoms with Gasteiger partial charge in [-0.3, -0.25) is 9.78 Å². The lowest BCUT2D eigenvalue weighted by molar-refractivity contribution is -0.115. The van der Waals surface area contributed by atoms with Crippen LogP contribution in [0.1, 0.15) is 11.1 Å². The summed E-state index contributed by atoms with van der Waals surface area (Å²) in [5.41, 5.74) is 3.99. The summed E-state index contributed by atoms with van der Waals surface area (Å²) in [5.74, 6) is -0.0510. The minimum atomic E-state index is -0.0510. The first-order valence-electron chi connectivity index (χ1n) is 6.92. The van der Waals surface area contributed by atoms with Crippen molar-refractivity contribution in [2.75, 3.05) is 5.32 Å². The lowest BCUT2D eigenvalue weighted by Crippen LogP contribution is -2.14. The number of rotatable bonds is 4. The van der Waals surface area contributed by atoms with Crippen LogP contribution in [0.25, 0.3) is 11.3 Å². The second kappa shape index (κ2) is 6.49. The Morgan fingerprint density at radius 2 is 1.95 bits per heavy atom. The molecule has 1 amide bonds. The van der Waals surface area contributed by atoms with Gasteiger partial charge in [-0.25, -0.2) is 4.98 Å². The van der Waals surface area contributed by atoms with Crippen molar-refractivity contribution < 1.29 is 4.79 Å². The Labute approximate surface area is 132 Å². The van der Waals surface area contributed by atoms with E-state index in [1.165, 1.54) is 11.3 Å². The number of benzene rings is 1. The molecular weight excluding hydrogens is 294 g/mol. The van der Waals surface area contributed by atoms with Crippen LogP contribution in [0.4, 0.5) is 5.13 Å². The number of nitrogens with zero attached hydrogens (tertiary/aromatic N) is 2. The second-order valence-corrected chi connectivity index (χ2v) is 5.78. The third-order valence-electron chi connectivity index (χ3n) is 3.34. The van der Waals surface area contributed by atoms with Gasteiger partial charge in [0.15, 0.2) is 5.13 Å². The van der Waals surface area contributed by atoms with E-state index >= 15 is 0 Å². The zero-order valence-electron chi connectivity index (χ0n) is 12.1. The van der Waals surface area contributed by atoms with Crippen molar-refractivity contribution in [2.24, 2.45) is 0 Å². The van der Waals surface area contributed by atoms with Crippen LogP contribution in [-0.2, 0) is 11.2 Å². The van der Waals surface area contributed by atoms with Crippen molar-refractivity contribution in [2.45, 2.75) is 13.3 Å². The highest BCUT2D eigenvalue weighted by Gasteiger charge is 2.09. The number of hydrogen-bond donors (Lipinski definition) is 1. The Balaban J connectivity index is 1.68. The molecule has 4 nitrogen and oxygen atoms in total. The minimum Gasteiger partial charge on any atom is -0.302 e. The summed E-state index contributed by atoms with van der Waals surface area (Å²) < 4.78 is 0. The van der Waals surface area contributed by atoms with Crippen molar-refractivity contribution in [3.63, 3.8) is 0 Å². The molecular formula is C17H15N3OS. The van der Waals surface area contributed by atoms with Crippen LogP contribution in [0, 0.1) is 6.92 Å². The van der Waals surface area contributed by atoms with Crippen LogP contribution in [0.5, 0.6) is 0 Å². The third-order valence-corrected chi connectivity index (χ3v) is 4.10. The fourth-order valence-corrected chi connectivity index (χ4v) is 2.87. The standard InChI is InChI=1S/C17H15N3OS/c1-12-4-2-3-5-14(12)10-16(21)20-17-19-15(11-22-17)13-6-8-18-9-7-13/h2-9,11H,10H2,1H3,(H,19,20,21). The molecule has 2 heterocycles. The molecule has 0 unspecified atom stereocenters. The van der Waals surface area contributed by atoms with Crippen molar-refractivity contribution in [1.82, 2.24) is 9.97 Å². The summed E-state index contributed by atoms with van der Waals surface area (Å²) >= 11 is 1.42. The van der Waals surface area contributed by atoms with Crippen LogP contribution in [0.2, 0.25) is 0 Å². The molecule has 0 saturated carbocycles. The van der Waals surface area contributed by atoms with E-state index in [1.54, 1.807) is 12.4 Å². The van der Waals surface area contributed by atoms with E-state index in [-0.39, 0.29) is 5.91 Å². The van der Waals surface area contributed by atoms with Crippen molar-refractivity contribution in [3.8, 4) is 11.3 Å².